The third-order valence-corrected chi connectivity index (χ3v) is 2.25. The second kappa shape index (κ2) is 3.29. The quantitative estimate of drug-likeness (QED) is 0.405. The first kappa shape index (κ1) is 10.6. The van der Waals surface area contributed by atoms with Crippen molar-refractivity contribution in [3.63, 3.8) is 0 Å². The minimum atomic E-state index is -2.11. The first-order valence-corrected chi connectivity index (χ1v) is 4.65. The maximum atomic E-state index is 11.4. The van der Waals surface area contributed by atoms with Gasteiger partial charge in [-0.15, -0.1) is 0 Å². The molecule has 0 radical (unpaired) electrons. The first-order chi connectivity index (χ1) is 7.44. The molecule has 0 aliphatic rings. The third kappa shape index (κ3) is 1.53. The summed E-state index contributed by atoms with van der Waals surface area (Å²) >= 11 is 0. The summed E-state index contributed by atoms with van der Waals surface area (Å²) in [6, 6.07) is 0. The van der Waals surface area contributed by atoms with Crippen LogP contribution in [0.15, 0.2) is 4.79 Å². The van der Waals surface area contributed by atoms with Gasteiger partial charge < -0.3 is 20.9 Å². The predicted octanol–water partition coefficient (Wildman–Crippen LogP) is -1.22. The zero-order chi connectivity index (χ0) is 11.9. The minimum absolute atomic E-state index is 0.0280. The van der Waals surface area contributed by atoms with E-state index in [1.807, 2.05) is 0 Å². The standard InChI is InChI=1S/C8H11N5O3/c1-2-8(15,16)6-10-3-4(11-6)12-7(9)13-5(3)14/h15-16H,2H2,1H3,(H4,9,10,11,12,13,14). The van der Waals surface area contributed by atoms with E-state index < -0.39 is 11.3 Å². The van der Waals surface area contributed by atoms with Crippen molar-refractivity contribution in [2.45, 2.75) is 19.1 Å². The van der Waals surface area contributed by atoms with Gasteiger partial charge in [0.15, 0.2) is 17.0 Å². The van der Waals surface area contributed by atoms with Gasteiger partial charge in [-0.25, -0.2) is 4.98 Å². The van der Waals surface area contributed by atoms with Gasteiger partial charge >= 0.3 is 0 Å². The number of nitrogens with two attached hydrogens (primary N) is 1. The van der Waals surface area contributed by atoms with Gasteiger partial charge in [-0.1, -0.05) is 6.92 Å². The van der Waals surface area contributed by atoms with Gasteiger partial charge in [0.25, 0.3) is 5.56 Å². The number of rotatable bonds is 2. The van der Waals surface area contributed by atoms with Crippen molar-refractivity contribution < 1.29 is 10.2 Å². The van der Waals surface area contributed by atoms with Gasteiger partial charge in [-0.3, -0.25) is 9.78 Å². The fourth-order valence-corrected chi connectivity index (χ4v) is 1.28. The molecule has 2 rings (SSSR count). The molecule has 0 aliphatic heterocycles. The highest BCUT2D eigenvalue weighted by molar-refractivity contribution is 5.70. The Hall–Kier alpha value is -1.93. The number of hydrogen-bond donors (Lipinski definition) is 5. The van der Waals surface area contributed by atoms with Crippen LogP contribution >= 0.6 is 0 Å². The van der Waals surface area contributed by atoms with Crippen LogP contribution in [0.1, 0.15) is 19.2 Å². The molecule has 0 saturated carbocycles. The molecule has 0 saturated heterocycles. The van der Waals surface area contributed by atoms with Crippen LogP contribution in [0.2, 0.25) is 0 Å². The van der Waals surface area contributed by atoms with Crippen molar-refractivity contribution in [3.05, 3.63) is 16.2 Å². The van der Waals surface area contributed by atoms with Crippen molar-refractivity contribution in [1.82, 2.24) is 19.9 Å². The molecule has 8 nitrogen and oxygen atoms in total. The number of nitrogens with zero attached hydrogens (tertiary/aromatic N) is 2. The van der Waals surface area contributed by atoms with E-state index in [1.54, 1.807) is 6.92 Å². The highest BCUT2D eigenvalue weighted by Gasteiger charge is 2.28. The lowest BCUT2D eigenvalue weighted by Gasteiger charge is -2.15. The van der Waals surface area contributed by atoms with Crippen molar-refractivity contribution in [2.24, 2.45) is 0 Å². The summed E-state index contributed by atoms with van der Waals surface area (Å²) in [5.41, 5.74) is 4.94. The van der Waals surface area contributed by atoms with Crippen LogP contribution in [0.3, 0.4) is 0 Å². The molecule has 2 aromatic heterocycles. The Labute approximate surface area is 89.2 Å². The van der Waals surface area contributed by atoms with Crippen molar-refractivity contribution in [2.75, 3.05) is 5.73 Å². The zero-order valence-corrected chi connectivity index (χ0v) is 8.48. The number of fused-ring (bicyclic) bond motifs is 1. The van der Waals surface area contributed by atoms with E-state index in [9.17, 15) is 15.0 Å². The number of imidazole rings is 1. The Morgan fingerprint density at radius 1 is 1.38 bits per heavy atom. The molecule has 0 aromatic carbocycles. The molecular formula is C8H11N5O3. The summed E-state index contributed by atoms with van der Waals surface area (Å²) < 4.78 is 0. The molecule has 0 amide bonds. The number of H-pyrrole nitrogens is 2. The molecule has 0 fully saturated rings. The average molecular weight is 225 g/mol. The summed E-state index contributed by atoms with van der Waals surface area (Å²) in [7, 11) is 0. The number of nitrogens with one attached hydrogen (secondary N) is 2. The Morgan fingerprint density at radius 3 is 2.69 bits per heavy atom. The van der Waals surface area contributed by atoms with Crippen LogP contribution in [0.5, 0.6) is 0 Å². The number of nitrogen functional groups attached to an aromatic ring is 1. The summed E-state index contributed by atoms with van der Waals surface area (Å²) in [6.45, 7) is 1.57. The van der Waals surface area contributed by atoms with Crippen molar-refractivity contribution >= 4 is 17.1 Å². The molecule has 6 N–H and O–H groups in total. The minimum Gasteiger partial charge on any atom is -0.369 e. The lowest BCUT2D eigenvalue weighted by Crippen LogP contribution is -2.25. The summed E-state index contributed by atoms with van der Waals surface area (Å²) in [6.07, 6.45) is 0.0280. The van der Waals surface area contributed by atoms with Gasteiger partial charge in [0.2, 0.25) is 11.7 Å². The molecule has 0 spiro atoms. The zero-order valence-electron chi connectivity index (χ0n) is 8.48. The fraction of sp³-hybridized carbons (Fsp3) is 0.375. The number of hydrogen-bond acceptors (Lipinski definition) is 6. The lowest BCUT2D eigenvalue weighted by atomic mass is 10.2. The Balaban J connectivity index is 2.70. The molecule has 2 heterocycles. The van der Waals surface area contributed by atoms with Crippen molar-refractivity contribution in [1.29, 1.82) is 0 Å². The van der Waals surface area contributed by atoms with Gasteiger partial charge in [-0.2, -0.15) is 4.98 Å². The smallest absolute Gasteiger partial charge is 0.278 e. The average Bonchev–Trinajstić information content (AvgIpc) is 2.62. The maximum Gasteiger partial charge on any atom is 0.278 e. The van der Waals surface area contributed by atoms with Crippen LogP contribution in [0.25, 0.3) is 11.2 Å². The lowest BCUT2D eigenvalue weighted by molar-refractivity contribution is -0.176. The Kier molecular flexibility index (Phi) is 2.17. The fourth-order valence-electron chi connectivity index (χ4n) is 1.28. The monoisotopic (exact) mass is 225 g/mol. The van der Waals surface area contributed by atoms with Crippen LogP contribution in [0, 0.1) is 0 Å². The highest BCUT2D eigenvalue weighted by atomic mass is 16.5. The molecule has 86 valence electrons. The molecule has 0 bridgehead atoms. The largest absolute Gasteiger partial charge is 0.369 e. The summed E-state index contributed by atoms with van der Waals surface area (Å²) in [5.74, 6) is -2.32. The van der Waals surface area contributed by atoms with Gasteiger partial charge in [-0.05, 0) is 0 Å². The van der Waals surface area contributed by atoms with Gasteiger partial charge in [0, 0.05) is 6.42 Å². The Morgan fingerprint density at radius 2 is 2.06 bits per heavy atom. The number of aromatic amines is 2. The van der Waals surface area contributed by atoms with E-state index in [2.05, 4.69) is 19.9 Å². The van der Waals surface area contributed by atoms with Gasteiger partial charge in [0.05, 0.1) is 0 Å². The van der Waals surface area contributed by atoms with E-state index in [0.717, 1.165) is 0 Å². The third-order valence-electron chi connectivity index (χ3n) is 2.25. The van der Waals surface area contributed by atoms with E-state index in [4.69, 9.17) is 5.73 Å². The van der Waals surface area contributed by atoms with Crippen LogP contribution in [-0.2, 0) is 5.79 Å². The summed E-state index contributed by atoms with van der Waals surface area (Å²) in [5, 5.41) is 19.1. The Bertz CT molecular complexity index is 585. The number of anilines is 1. The van der Waals surface area contributed by atoms with E-state index in [0.29, 0.717) is 0 Å². The molecule has 8 heteroatoms. The van der Waals surface area contributed by atoms with Crippen LogP contribution in [-0.4, -0.2) is 30.1 Å². The predicted molar refractivity (Wildman–Crippen MR) is 55.3 cm³/mol. The SMILES string of the molecule is CCC(O)(O)c1nc2nc(N)[nH]c(=O)c2[nH]1. The summed E-state index contributed by atoms with van der Waals surface area (Å²) in [4.78, 5) is 23.8. The van der Waals surface area contributed by atoms with Crippen molar-refractivity contribution in [3.8, 4) is 0 Å². The molecule has 0 unspecified atom stereocenters. The van der Waals surface area contributed by atoms with Crippen LogP contribution < -0.4 is 11.3 Å². The van der Waals surface area contributed by atoms with E-state index >= 15 is 0 Å². The maximum absolute atomic E-state index is 11.4. The molecular weight excluding hydrogens is 214 g/mol. The normalized spacial score (nSPS) is 12.2. The second-order valence-corrected chi connectivity index (χ2v) is 3.41. The number of aromatic nitrogens is 4. The van der Waals surface area contributed by atoms with E-state index in [-0.39, 0.29) is 29.4 Å². The molecule has 16 heavy (non-hydrogen) atoms. The molecule has 0 atom stereocenters. The van der Waals surface area contributed by atoms with E-state index in [1.165, 1.54) is 0 Å². The highest BCUT2D eigenvalue weighted by Crippen LogP contribution is 2.19. The topological polar surface area (TPSA) is 141 Å². The first-order valence-electron chi connectivity index (χ1n) is 4.65. The van der Waals surface area contributed by atoms with Crippen LogP contribution in [0.4, 0.5) is 5.95 Å². The second-order valence-electron chi connectivity index (χ2n) is 3.41. The van der Waals surface area contributed by atoms with Gasteiger partial charge in [0.1, 0.15) is 0 Å². The number of aliphatic hydroxyl groups is 2. The molecule has 0 aliphatic carbocycles. The molecule has 2 aromatic rings.